The molecule has 154 valence electrons. The Morgan fingerprint density at radius 1 is 0.966 bits per heavy atom. The highest BCUT2D eigenvalue weighted by molar-refractivity contribution is 5.98. The van der Waals surface area contributed by atoms with Crippen LogP contribution >= 0.6 is 0 Å². The van der Waals surface area contributed by atoms with Gasteiger partial charge < -0.3 is 10.1 Å². The van der Waals surface area contributed by atoms with Gasteiger partial charge in [-0.1, -0.05) is 62.7 Å². The molecule has 0 atom stereocenters. The minimum atomic E-state index is -0.559. The molecule has 2 aromatic rings. The standard InChI is InChI=1S/C24H29NO4/c1-4-7-18-10-12-20(13-11-18)21(26)14-15-23(28)29-16-22(27)25-24-17(3)8-6-9-19(24)5-2/h6,8-13H,4-5,7,14-16H2,1-3H3,(H,25,27). The monoisotopic (exact) mass is 395 g/mol. The number of anilines is 1. The van der Waals surface area contributed by atoms with Crippen molar-refractivity contribution < 1.29 is 19.1 Å². The van der Waals surface area contributed by atoms with Gasteiger partial charge in [-0.3, -0.25) is 14.4 Å². The van der Waals surface area contributed by atoms with Gasteiger partial charge in [0.15, 0.2) is 12.4 Å². The molecule has 0 heterocycles. The summed E-state index contributed by atoms with van der Waals surface area (Å²) in [6, 6.07) is 13.3. The van der Waals surface area contributed by atoms with Crippen LogP contribution in [0.2, 0.25) is 0 Å². The van der Waals surface area contributed by atoms with E-state index < -0.39 is 5.97 Å². The quantitative estimate of drug-likeness (QED) is 0.469. The normalized spacial score (nSPS) is 10.4. The van der Waals surface area contributed by atoms with Gasteiger partial charge in [-0.15, -0.1) is 0 Å². The maximum absolute atomic E-state index is 12.2. The molecule has 0 bridgehead atoms. The van der Waals surface area contributed by atoms with E-state index in [1.807, 2.05) is 44.2 Å². The number of rotatable bonds is 10. The third-order valence-corrected chi connectivity index (χ3v) is 4.74. The number of hydrogen-bond donors (Lipinski definition) is 1. The molecule has 2 aromatic carbocycles. The van der Waals surface area contributed by atoms with Crippen LogP contribution in [0.15, 0.2) is 42.5 Å². The van der Waals surface area contributed by atoms with Crippen molar-refractivity contribution in [1.29, 1.82) is 0 Å². The molecule has 0 fully saturated rings. The molecule has 0 aliphatic heterocycles. The van der Waals surface area contributed by atoms with Gasteiger partial charge >= 0.3 is 5.97 Å². The summed E-state index contributed by atoms with van der Waals surface area (Å²) < 4.78 is 5.02. The molecule has 0 aliphatic rings. The zero-order valence-corrected chi connectivity index (χ0v) is 17.4. The molecular weight excluding hydrogens is 366 g/mol. The van der Waals surface area contributed by atoms with Gasteiger partial charge in [0.25, 0.3) is 5.91 Å². The molecule has 1 amide bonds. The highest BCUT2D eigenvalue weighted by Crippen LogP contribution is 2.21. The van der Waals surface area contributed by atoms with Gasteiger partial charge in [-0.2, -0.15) is 0 Å². The van der Waals surface area contributed by atoms with Gasteiger partial charge in [0.05, 0.1) is 6.42 Å². The summed E-state index contributed by atoms with van der Waals surface area (Å²) in [4.78, 5) is 36.3. The lowest BCUT2D eigenvalue weighted by Gasteiger charge is -2.13. The van der Waals surface area contributed by atoms with Crippen LogP contribution in [0.5, 0.6) is 0 Å². The minimum Gasteiger partial charge on any atom is -0.456 e. The third kappa shape index (κ3) is 6.86. The van der Waals surface area contributed by atoms with E-state index in [0.29, 0.717) is 5.56 Å². The van der Waals surface area contributed by atoms with Crippen LogP contribution in [-0.4, -0.2) is 24.3 Å². The number of carbonyl (C=O) groups is 3. The lowest BCUT2D eigenvalue weighted by atomic mass is 10.0. The first-order chi connectivity index (χ1) is 13.9. The Morgan fingerprint density at radius 2 is 1.69 bits per heavy atom. The van der Waals surface area contributed by atoms with Gasteiger partial charge in [0.1, 0.15) is 0 Å². The van der Waals surface area contributed by atoms with Crippen molar-refractivity contribution in [2.45, 2.75) is 52.9 Å². The highest BCUT2D eigenvalue weighted by Gasteiger charge is 2.13. The van der Waals surface area contributed by atoms with E-state index in [2.05, 4.69) is 12.2 Å². The van der Waals surface area contributed by atoms with Crippen molar-refractivity contribution in [3.8, 4) is 0 Å². The van der Waals surface area contributed by atoms with Crippen LogP contribution in [0, 0.1) is 6.92 Å². The van der Waals surface area contributed by atoms with E-state index in [-0.39, 0.29) is 31.1 Å². The lowest BCUT2D eigenvalue weighted by Crippen LogP contribution is -2.22. The van der Waals surface area contributed by atoms with Gasteiger partial charge in [-0.05, 0) is 36.5 Å². The Bertz CT molecular complexity index is 856. The van der Waals surface area contributed by atoms with Gasteiger partial charge in [-0.25, -0.2) is 0 Å². The molecule has 0 spiro atoms. The Morgan fingerprint density at radius 3 is 2.34 bits per heavy atom. The molecule has 0 radical (unpaired) electrons. The number of aryl methyl sites for hydroxylation is 3. The van der Waals surface area contributed by atoms with Crippen LogP contribution in [0.4, 0.5) is 5.69 Å². The Kier molecular flexibility index (Phi) is 8.59. The number of esters is 1. The topological polar surface area (TPSA) is 72.5 Å². The maximum atomic E-state index is 12.2. The van der Waals surface area contributed by atoms with E-state index in [9.17, 15) is 14.4 Å². The molecule has 0 unspecified atom stereocenters. The number of carbonyl (C=O) groups excluding carboxylic acids is 3. The summed E-state index contributed by atoms with van der Waals surface area (Å²) in [5.41, 5.74) is 4.52. The van der Waals surface area contributed by atoms with Crippen molar-refractivity contribution in [3.05, 3.63) is 64.7 Å². The molecule has 0 aromatic heterocycles. The highest BCUT2D eigenvalue weighted by atomic mass is 16.5. The predicted octanol–water partition coefficient (Wildman–Crippen LogP) is 4.65. The first kappa shape index (κ1) is 22.3. The molecule has 29 heavy (non-hydrogen) atoms. The Balaban J connectivity index is 1.78. The van der Waals surface area contributed by atoms with Crippen molar-refractivity contribution in [2.75, 3.05) is 11.9 Å². The second-order valence-corrected chi connectivity index (χ2v) is 7.04. The van der Waals surface area contributed by atoms with Crippen LogP contribution in [0.1, 0.15) is 60.2 Å². The average molecular weight is 395 g/mol. The summed E-state index contributed by atoms with van der Waals surface area (Å²) in [7, 11) is 0. The summed E-state index contributed by atoms with van der Waals surface area (Å²) in [5.74, 6) is -1.06. The summed E-state index contributed by atoms with van der Waals surface area (Å²) in [6.45, 7) is 5.67. The second-order valence-electron chi connectivity index (χ2n) is 7.04. The van der Waals surface area contributed by atoms with Crippen molar-refractivity contribution >= 4 is 23.3 Å². The number of ketones is 1. The summed E-state index contributed by atoms with van der Waals surface area (Å²) >= 11 is 0. The number of para-hydroxylation sites is 1. The second kappa shape index (κ2) is 11.1. The molecule has 2 rings (SSSR count). The molecule has 0 saturated heterocycles. The number of ether oxygens (including phenoxy) is 1. The number of hydrogen-bond acceptors (Lipinski definition) is 4. The maximum Gasteiger partial charge on any atom is 0.306 e. The molecule has 0 saturated carbocycles. The predicted molar refractivity (Wildman–Crippen MR) is 114 cm³/mol. The van der Waals surface area contributed by atoms with Crippen molar-refractivity contribution in [1.82, 2.24) is 0 Å². The fourth-order valence-electron chi connectivity index (χ4n) is 3.10. The van der Waals surface area contributed by atoms with E-state index >= 15 is 0 Å². The van der Waals surface area contributed by atoms with Crippen molar-refractivity contribution in [3.63, 3.8) is 0 Å². The number of Topliss-reactive ketones (excluding diaryl/α,β-unsaturated/α-hetero) is 1. The number of amides is 1. The van der Waals surface area contributed by atoms with Crippen LogP contribution in [0.25, 0.3) is 0 Å². The van der Waals surface area contributed by atoms with Gasteiger partial charge in [0, 0.05) is 17.7 Å². The fraction of sp³-hybridized carbons (Fsp3) is 0.375. The molecule has 5 nitrogen and oxygen atoms in total. The van der Waals surface area contributed by atoms with Crippen LogP contribution in [-0.2, 0) is 27.2 Å². The number of nitrogens with one attached hydrogen (secondary N) is 1. The van der Waals surface area contributed by atoms with E-state index in [4.69, 9.17) is 4.74 Å². The minimum absolute atomic E-state index is 0.0482. The largest absolute Gasteiger partial charge is 0.456 e. The molecule has 5 heteroatoms. The van der Waals surface area contributed by atoms with Crippen LogP contribution < -0.4 is 5.32 Å². The Hall–Kier alpha value is -2.95. The van der Waals surface area contributed by atoms with E-state index in [1.165, 1.54) is 5.56 Å². The van der Waals surface area contributed by atoms with Crippen LogP contribution in [0.3, 0.4) is 0 Å². The van der Waals surface area contributed by atoms with Crippen molar-refractivity contribution in [2.24, 2.45) is 0 Å². The lowest BCUT2D eigenvalue weighted by molar-refractivity contribution is -0.147. The summed E-state index contributed by atoms with van der Waals surface area (Å²) in [6.07, 6.45) is 2.83. The SMILES string of the molecule is CCCc1ccc(C(=O)CCC(=O)OCC(=O)Nc2c(C)cccc2CC)cc1. The molecule has 0 aliphatic carbocycles. The summed E-state index contributed by atoms with van der Waals surface area (Å²) in [5, 5.41) is 2.81. The average Bonchev–Trinajstić information content (AvgIpc) is 2.72. The van der Waals surface area contributed by atoms with Gasteiger partial charge in [0.2, 0.25) is 0 Å². The smallest absolute Gasteiger partial charge is 0.306 e. The Labute approximate surface area is 172 Å². The first-order valence-corrected chi connectivity index (χ1v) is 10.1. The third-order valence-electron chi connectivity index (χ3n) is 4.74. The zero-order chi connectivity index (χ0) is 21.2. The number of benzene rings is 2. The van der Waals surface area contributed by atoms with E-state index in [0.717, 1.165) is 36.1 Å². The fourth-order valence-corrected chi connectivity index (χ4v) is 3.10. The zero-order valence-electron chi connectivity index (χ0n) is 17.4. The molecule has 1 N–H and O–H groups in total. The first-order valence-electron chi connectivity index (χ1n) is 10.1. The molecular formula is C24H29NO4. The van der Waals surface area contributed by atoms with E-state index in [1.54, 1.807) is 12.1 Å².